The largest absolute Gasteiger partial charge is 0.319 e. The molecule has 1 aliphatic heterocycles. The van der Waals surface area contributed by atoms with Crippen molar-refractivity contribution in [2.75, 3.05) is 49.9 Å². The van der Waals surface area contributed by atoms with Gasteiger partial charge in [0.2, 0.25) is 11.8 Å². The van der Waals surface area contributed by atoms with Gasteiger partial charge >= 0.3 is 0 Å². The molecule has 1 aliphatic rings. The molecule has 12 nitrogen and oxygen atoms in total. The maximum absolute atomic E-state index is 12.3. The topological polar surface area (TPSA) is 151 Å². The van der Waals surface area contributed by atoms with Gasteiger partial charge in [-0.3, -0.25) is 39.6 Å². The molecule has 168 valence electrons. The van der Waals surface area contributed by atoms with Crippen LogP contribution < -0.4 is 10.6 Å². The molecule has 1 saturated heterocycles. The van der Waals surface area contributed by atoms with Gasteiger partial charge in [-0.05, 0) is 12.1 Å². The summed E-state index contributed by atoms with van der Waals surface area (Å²) in [5.74, 6) is -0.719. The Labute approximate surface area is 183 Å². The lowest BCUT2D eigenvalue weighted by Crippen LogP contribution is -2.50. The second kappa shape index (κ2) is 10.4. The molecule has 0 atom stereocenters. The summed E-state index contributed by atoms with van der Waals surface area (Å²) >= 11 is 0. The molecule has 0 aliphatic carbocycles. The molecular formula is C20H22N6O6. The molecule has 0 saturated carbocycles. The number of hydrogen-bond donors (Lipinski definition) is 2. The summed E-state index contributed by atoms with van der Waals surface area (Å²) in [5.41, 5.74) is -0.0497. The average molecular weight is 442 g/mol. The molecule has 2 aromatic rings. The third kappa shape index (κ3) is 6.06. The number of nitro groups is 2. The summed E-state index contributed by atoms with van der Waals surface area (Å²) < 4.78 is 0. The zero-order chi connectivity index (χ0) is 23.1. The van der Waals surface area contributed by atoms with Crippen LogP contribution in [0.4, 0.5) is 22.7 Å². The van der Waals surface area contributed by atoms with E-state index in [1.807, 2.05) is 9.80 Å². The molecule has 0 aromatic heterocycles. The molecule has 32 heavy (non-hydrogen) atoms. The molecule has 2 aromatic carbocycles. The van der Waals surface area contributed by atoms with Gasteiger partial charge in [-0.15, -0.1) is 0 Å². The number of para-hydroxylation sites is 4. The van der Waals surface area contributed by atoms with Crippen molar-refractivity contribution in [3.8, 4) is 0 Å². The number of carbonyl (C=O) groups is 2. The van der Waals surface area contributed by atoms with Crippen LogP contribution in [0.3, 0.4) is 0 Å². The molecule has 0 radical (unpaired) electrons. The molecule has 0 unspecified atom stereocenters. The lowest BCUT2D eigenvalue weighted by molar-refractivity contribution is -0.384. The Morgan fingerprint density at radius 2 is 1.06 bits per heavy atom. The smallest absolute Gasteiger partial charge is 0.292 e. The number of anilines is 2. The van der Waals surface area contributed by atoms with Crippen LogP contribution in [0.15, 0.2) is 48.5 Å². The molecule has 12 heteroatoms. The van der Waals surface area contributed by atoms with Crippen molar-refractivity contribution in [2.45, 2.75) is 0 Å². The van der Waals surface area contributed by atoms with Gasteiger partial charge in [-0.2, -0.15) is 0 Å². The van der Waals surface area contributed by atoms with E-state index in [1.54, 1.807) is 12.1 Å². The van der Waals surface area contributed by atoms with E-state index in [0.717, 1.165) is 0 Å². The Balaban J connectivity index is 1.45. The third-order valence-electron chi connectivity index (χ3n) is 4.95. The molecular weight excluding hydrogens is 420 g/mol. The van der Waals surface area contributed by atoms with Gasteiger partial charge in [-0.25, -0.2) is 0 Å². The first kappa shape index (κ1) is 22.8. The summed E-state index contributed by atoms with van der Waals surface area (Å²) in [4.78, 5) is 49.4. The monoisotopic (exact) mass is 442 g/mol. The van der Waals surface area contributed by atoms with Crippen LogP contribution in [0.5, 0.6) is 0 Å². The van der Waals surface area contributed by atoms with Gasteiger partial charge in [0.15, 0.2) is 0 Å². The Kier molecular flexibility index (Phi) is 7.41. The van der Waals surface area contributed by atoms with Crippen LogP contribution in [-0.4, -0.2) is 70.7 Å². The Morgan fingerprint density at radius 1 is 0.719 bits per heavy atom. The van der Waals surface area contributed by atoms with E-state index >= 15 is 0 Å². The predicted molar refractivity (Wildman–Crippen MR) is 116 cm³/mol. The van der Waals surface area contributed by atoms with Crippen molar-refractivity contribution in [3.05, 3.63) is 68.8 Å². The zero-order valence-electron chi connectivity index (χ0n) is 17.1. The van der Waals surface area contributed by atoms with E-state index in [9.17, 15) is 29.8 Å². The molecule has 2 amide bonds. The number of carbonyl (C=O) groups excluding carboxylic acids is 2. The summed E-state index contributed by atoms with van der Waals surface area (Å²) in [7, 11) is 0. The van der Waals surface area contributed by atoms with Gasteiger partial charge in [0.1, 0.15) is 11.4 Å². The van der Waals surface area contributed by atoms with E-state index in [4.69, 9.17) is 0 Å². The summed E-state index contributed by atoms with van der Waals surface area (Å²) in [6, 6.07) is 11.9. The summed E-state index contributed by atoms with van der Waals surface area (Å²) in [5, 5.41) is 27.3. The van der Waals surface area contributed by atoms with Crippen LogP contribution in [0.25, 0.3) is 0 Å². The highest BCUT2D eigenvalue weighted by Crippen LogP contribution is 2.24. The molecule has 2 N–H and O–H groups in total. The first-order chi connectivity index (χ1) is 15.3. The Bertz CT molecular complexity index is 940. The fraction of sp³-hybridized carbons (Fsp3) is 0.300. The molecule has 0 bridgehead atoms. The quantitative estimate of drug-likeness (QED) is 0.463. The van der Waals surface area contributed by atoms with Crippen LogP contribution in [0.2, 0.25) is 0 Å². The molecule has 1 heterocycles. The summed E-state index contributed by atoms with van der Waals surface area (Å²) in [6.07, 6.45) is 0. The van der Waals surface area contributed by atoms with E-state index < -0.39 is 9.85 Å². The van der Waals surface area contributed by atoms with Gasteiger partial charge in [0.05, 0.1) is 22.9 Å². The van der Waals surface area contributed by atoms with Gasteiger partial charge in [0.25, 0.3) is 11.4 Å². The van der Waals surface area contributed by atoms with Crippen LogP contribution >= 0.6 is 0 Å². The minimum absolute atomic E-state index is 0.0717. The number of hydrogen-bond acceptors (Lipinski definition) is 8. The van der Waals surface area contributed by atoms with Crippen LogP contribution in [0.1, 0.15) is 0 Å². The van der Waals surface area contributed by atoms with E-state index in [0.29, 0.717) is 26.2 Å². The Hall–Kier alpha value is -3.90. The first-order valence-electron chi connectivity index (χ1n) is 9.84. The zero-order valence-corrected chi connectivity index (χ0v) is 17.1. The second-order valence-electron chi connectivity index (χ2n) is 7.20. The standard InChI is InChI=1S/C20H22N6O6/c27-19(21-15-5-1-3-7-17(15)25(29)30)13-23-9-11-24(12-10-23)14-20(28)22-16-6-2-4-8-18(16)26(31)32/h1-8H,9-14H2,(H,21,27)(H,22,28). The van der Waals surface area contributed by atoms with Crippen molar-refractivity contribution in [3.63, 3.8) is 0 Å². The number of rotatable bonds is 8. The lowest BCUT2D eigenvalue weighted by Gasteiger charge is -2.33. The fourth-order valence-corrected chi connectivity index (χ4v) is 3.37. The number of benzene rings is 2. The fourth-order valence-electron chi connectivity index (χ4n) is 3.37. The second-order valence-corrected chi connectivity index (χ2v) is 7.20. The molecule has 3 rings (SSSR count). The highest BCUT2D eigenvalue weighted by molar-refractivity contribution is 5.95. The van der Waals surface area contributed by atoms with Crippen molar-refractivity contribution < 1.29 is 19.4 Å². The van der Waals surface area contributed by atoms with E-state index in [2.05, 4.69) is 10.6 Å². The van der Waals surface area contributed by atoms with E-state index in [-0.39, 0.29) is 47.7 Å². The van der Waals surface area contributed by atoms with E-state index in [1.165, 1.54) is 36.4 Å². The maximum Gasteiger partial charge on any atom is 0.292 e. The summed E-state index contributed by atoms with van der Waals surface area (Å²) in [6.45, 7) is 2.27. The molecule has 0 spiro atoms. The third-order valence-corrected chi connectivity index (χ3v) is 4.95. The van der Waals surface area contributed by atoms with Gasteiger partial charge < -0.3 is 10.6 Å². The number of piperazine rings is 1. The number of nitrogens with one attached hydrogen (secondary N) is 2. The number of nitro benzene ring substituents is 2. The first-order valence-corrected chi connectivity index (χ1v) is 9.84. The SMILES string of the molecule is O=C(CN1CCN(CC(=O)Nc2ccccc2[N+](=O)[O-])CC1)Nc1ccccc1[N+](=O)[O-]. The van der Waals surface area contributed by atoms with Gasteiger partial charge in [-0.1, -0.05) is 24.3 Å². The molecule has 1 fully saturated rings. The minimum atomic E-state index is -0.552. The van der Waals surface area contributed by atoms with Crippen molar-refractivity contribution >= 4 is 34.6 Å². The van der Waals surface area contributed by atoms with Crippen LogP contribution in [-0.2, 0) is 9.59 Å². The normalized spacial score (nSPS) is 14.5. The highest BCUT2D eigenvalue weighted by Gasteiger charge is 2.23. The van der Waals surface area contributed by atoms with Crippen molar-refractivity contribution in [1.29, 1.82) is 0 Å². The predicted octanol–water partition coefficient (Wildman–Crippen LogP) is 1.70. The van der Waals surface area contributed by atoms with Crippen molar-refractivity contribution in [1.82, 2.24) is 9.80 Å². The number of nitrogens with zero attached hydrogens (tertiary/aromatic N) is 4. The maximum atomic E-state index is 12.3. The Morgan fingerprint density at radius 3 is 1.41 bits per heavy atom. The highest BCUT2D eigenvalue weighted by atomic mass is 16.6. The average Bonchev–Trinajstić information content (AvgIpc) is 2.75. The minimum Gasteiger partial charge on any atom is -0.319 e. The van der Waals surface area contributed by atoms with Crippen molar-refractivity contribution in [2.24, 2.45) is 0 Å². The lowest BCUT2D eigenvalue weighted by atomic mass is 10.2. The van der Waals surface area contributed by atoms with Crippen LogP contribution in [0, 0.1) is 20.2 Å². The number of amides is 2. The van der Waals surface area contributed by atoms with Gasteiger partial charge in [0, 0.05) is 38.3 Å².